The van der Waals surface area contributed by atoms with Gasteiger partial charge in [0.15, 0.2) is 0 Å². The number of aromatic nitrogens is 4. The first-order valence-electron chi connectivity index (χ1n) is 12.1. The molecule has 188 valence electrons. The molecule has 3 heterocycles. The zero-order valence-corrected chi connectivity index (χ0v) is 20.0. The van der Waals surface area contributed by atoms with Gasteiger partial charge in [0.05, 0.1) is 29.1 Å². The number of fused-ring (bicyclic) bond motifs is 1. The third kappa shape index (κ3) is 4.61. The number of aliphatic hydroxyl groups is 2. The van der Waals surface area contributed by atoms with Gasteiger partial charge in [-0.2, -0.15) is 5.10 Å². The van der Waals surface area contributed by atoms with Gasteiger partial charge in [-0.3, -0.25) is 4.98 Å². The van der Waals surface area contributed by atoms with E-state index in [1.54, 1.807) is 35.2 Å². The van der Waals surface area contributed by atoms with Crippen molar-refractivity contribution in [3.63, 3.8) is 0 Å². The minimum absolute atomic E-state index is 0.0878. The fourth-order valence-electron chi connectivity index (χ4n) is 5.31. The van der Waals surface area contributed by atoms with E-state index in [0.717, 1.165) is 17.5 Å². The van der Waals surface area contributed by atoms with Crippen molar-refractivity contribution in [3.8, 4) is 11.3 Å². The van der Waals surface area contributed by atoms with Crippen molar-refractivity contribution >= 4 is 5.52 Å². The van der Waals surface area contributed by atoms with Gasteiger partial charge in [0.1, 0.15) is 17.5 Å². The second kappa shape index (κ2) is 10.0. The van der Waals surface area contributed by atoms with Gasteiger partial charge in [-0.1, -0.05) is 6.92 Å². The lowest BCUT2D eigenvalue weighted by atomic mass is 9.74. The molecule has 5 rings (SSSR count). The van der Waals surface area contributed by atoms with Crippen molar-refractivity contribution in [1.82, 2.24) is 19.6 Å². The summed E-state index contributed by atoms with van der Waals surface area (Å²) in [5.74, 6) is -0.568. The van der Waals surface area contributed by atoms with Crippen molar-refractivity contribution < 1.29 is 19.0 Å². The molecule has 0 amide bonds. The summed E-state index contributed by atoms with van der Waals surface area (Å²) in [5, 5.41) is 23.9. The van der Waals surface area contributed by atoms with Crippen LogP contribution in [0.1, 0.15) is 48.2 Å². The molecular formula is C27H29F2N5O2. The maximum atomic E-state index is 14.8. The Morgan fingerprint density at radius 1 is 1.11 bits per heavy atom. The number of nitrogens with two attached hydrogens (primary N) is 1. The highest BCUT2D eigenvalue weighted by Gasteiger charge is 2.33. The van der Waals surface area contributed by atoms with E-state index in [1.165, 1.54) is 12.1 Å². The number of benzene rings is 1. The topological polar surface area (TPSA) is 110 Å². The summed E-state index contributed by atoms with van der Waals surface area (Å²) in [6, 6.07) is 7.45. The Morgan fingerprint density at radius 2 is 1.89 bits per heavy atom. The predicted molar refractivity (Wildman–Crippen MR) is 131 cm³/mol. The van der Waals surface area contributed by atoms with E-state index >= 15 is 0 Å². The molecule has 1 aromatic carbocycles. The molecule has 0 aliphatic heterocycles. The number of halogens is 2. The van der Waals surface area contributed by atoms with Crippen molar-refractivity contribution in [2.45, 2.75) is 50.7 Å². The Bertz CT molecular complexity index is 1360. The van der Waals surface area contributed by atoms with E-state index in [0.29, 0.717) is 29.7 Å². The van der Waals surface area contributed by atoms with Crippen LogP contribution in [0, 0.1) is 17.6 Å². The van der Waals surface area contributed by atoms with Gasteiger partial charge in [0, 0.05) is 31.5 Å². The number of rotatable bonds is 6. The standard InChI is InChI=1S/C27H29F2N5O2/c1-15-8-17(11-23(30)27(15)36)20-4-6-31-13-18(20)12-25-32-14-19-2-3-24(33-34(19)25)26-21(28)9-16(5-7-35)10-22(26)29/h2-4,6,9-10,13-15,17,23,27,35-36H,5,7-8,11-12,30H2,1H3/t15-,17+,23+,27-/m0/s1. The molecule has 36 heavy (non-hydrogen) atoms. The predicted octanol–water partition coefficient (Wildman–Crippen LogP) is 3.40. The molecule has 0 spiro atoms. The van der Waals surface area contributed by atoms with Crippen LogP contribution in [0.2, 0.25) is 0 Å². The third-order valence-corrected chi connectivity index (χ3v) is 7.18. The molecule has 0 unspecified atom stereocenters. The zero-order chi connectivity index (χ0) is 25.4. The summed E-state index contributed by atoms with van der Waals surface area (Å²) in [4.78, 5) is 8.84. The molecule has 1 saturated carbocycles. The number of hydrogen-bond donors (Lipinski definition) is 3. The maximum Gasteiger partial charge on any atom is 0.135 e. The highest BCUT2D eigenvalue weighted by molar-refractivity contribution is 5.63. The Labute approximate surface area is 207 Å². The fourth-order valence-corrected chi connectivity index (χ4v) is 5.31. The fraction of sp³-hybridized carbons (Fsp3) is 0.370. The highest BCUT2D eigenvalue weighted by atomic mass is 19.1. The summed E-state index contributed by atoms with van der Waals surface area (Å²) in [5.41, 5.74) is 9.32. The molecule has 4 aromatic rings. The molecular weight excluding hydrogens is 464 g/mol. The molecule has 1 aliphatic rings. The number of nitrogens with zero attached hydrogens (tertiary/aromatic N) is 4. The highest BCUT2D eigenvalue weighted by Crippen LogP contribution is 2.37. The molecule has 4 N–H and O–H groups in total. The van der Waals surface area contributed by atoms with E-state index < -0.39 is 17.7 Å². The minimum atomic E-state index is -0.730. The van der Waals surface area contributed by atoms with Crippen LogP contribution < -0.4 is 5.73 Å². The van der Waals surface area contributed by atoms with Crippen molar-refractivity contribution in [2.75, 3.05) is 6.61 Å². The lowest BCUT2D eigenvalue weighted by Crippen LogP contribution is -2.44. The van der Waals surface area contributed by atoms with Gasteiger partial charge in [-0.15, -0.1) is 0 Å². The Kier molecular flexibility index (Phi) is 6.79. The SMILES string of the molecule is C[C@H]1C[C@@H](c2ccncc2Cc2ncc3ccc(-c4c(F)cc(CCO)cc4F)nn23)C[C@@H](N)[C@H]1O. The second-order valence-corrected chi connectivity index (χ2v) is 9.69. The average molecular weight is 494 g/mol. The van der Waals surface area contributed by atoms with Crippen LogP contribution in [0.5, 0.6) is 0 Å². The normalized spacial score (nSPS) is 22.3. The lowest BCUT2D eigenvalue weighted by molar-refractivity contribution is 0.0519. The van der Waals surface area contributed by atoms with Gasteiger partial charge in [0.25, 0.3) is 0 Å². The number of hydrogen-bond acceptors (Lipinski definition) is 6. The average Bonchev–Trinajstić information content (AvgIpc) is 3.24. The van der Waals surface area contributed by atoms with Gasteiger partial charge in [-0.05, 0) is 78.1 Å². The van der Waals surface area contributed by atoms with Crippen molar-refractivity contribution in [2.24, 2.45) is 11.7 Å². The van der Waals surface area contributed by atoms with E-state index in [9.17, 15) is 13.9 Å². The largest absolute Gasteiger partial charge is 0.396 e. The van der Waals surface area contributed by atoms with Crippen LogP contribution in [0.4, 0.5) is 8.78 Å². The number of imidazole rings is 1. The molecule has 7 nitrogen and oxygen atoms in total. The monoisotopic (exact) mass is 493 g/mol. The van der Waals surface area contributed by atoms with Crippen LogP contribution in [0.25, 0.3) is 16.8 Å². The molecule has 0 radical (unpaired) electrons. The van der Waals surface area contributed by atoms with Crippen LogP contribution >= 0.6 is 0 Å². The summed E-state index contributed by atoms with van der Waals surface area (Å²) in [6.07, 6.45) is 6.82. The second-order valence-electron chi connectivity index (χ2n) is 9.69. The smallest absolute Gasteiger partial charge is 0.135 e. The van der Waals surface area contributed by atoms with Crippen LogP contribution in [-0.2, 0) is 12.8 Å². The first kappa shape index (κ1) is 24.4. The van der Waals surface area contributed by atoms with E-state index in [1.807, 2.05) is 13.0 Å². The van der Waals surface area contributed by atoms with Crippen LogP contribution in [0.15, 0.2) is 48.9 Å². The Morgan fingerprint density at radius 3 is 2.61 bits per heavy atom. The van der Waals surface area contributed by atoms with Gasteiger partial charge in [0.2, 0.25) is 0 Å². The van der Waals surface area contributed by atoms with Gasteiger partial charge >= 0.3 is 0 Å². The van der Waals surface area contributed by atoms with Crippen LogP contribution in [0.3, 0.4) is 0 Å². The molecule has 0 saturated heterocycles. The molecule has 1 fully saturated rings. The Hall–Kier alpha value is -3.27. The Balaban J connectivity index is 1.49. The number of pyridine rings is 1. The minimum Gasteiger partial charge on any atom is -0.396 e. The summed E-state index contributed by atoms with van der Waals surface area (Å²) in [7, 11) is 0. The quantitative estimate of drug-likeness (QED) is 0.380. The first-order valence-corrected chi connectivity index (χ1v) is 12.1. The molecule has 0 bridgehead atoms. The molecule has 4 atom stereocenters. The van der Waals surface area contributed by atoms with E-state index in [-0.39, 0.29) is 42.2 Å². The third-order valence-electron chi connectivity index (χ3n) is 7.18. The summed E-state index contributed by atoms with van der Waals surface area (Å²) < 4.78 is 31.2. The lowest BCUT2D eigenvalue weighted by Gasteiger charge is -2.36. The van der Waals surface area contributed by atoms with E-state index in [2.05, 4.69) is 15.1 Å². The van der Waals surface area contributed by atoms with E-state index in [4.69, 9.17) is 10.8 Å². The molecule has 3 aromatic heterocycles. The zero-order valence-electron chi connectivity index (χ0n) is 20.0. The summed E-state index contributed by atoms with van der Waals surface area (Å²) in [6.45, 7) is 1.82. The number of aliphatic hydroxyl groups excluding tert-OH is 2. The van der Waals surface area contributed by atoms with Crippen LogP contribution in [-0.4, -0.2) is 48.5 Å². The van der Waals surface area contributed by atoms with Gasteiger partial charge in [-0.25, -0.2) is 18.3 Å². The first-order chi connectivity index (χ1) is 17.4. The van der Waals surface area contributed by atoms with Crippen molar-refractivity contribution in [1.29, 1.82) is 0 Å². The van der Waals surface area contributed by atoms with Crippen molar-refractivity contribution in [3.05, 3.63) is 83.1 Å². The van der Waals surface area contributed by atoms with Gasteiger partial charge < -0.3 is 15.9 Å². The molecule has 9 heteroatoms. The molecule has 1 aliphatic carbocycles. The summed E-state index contributed by atoms with van der Waals surface area (Å²) >= 11 is 0. The maximum absolute atomic E-state index is 14.8.